The first-order valence-corrected chi connectivity index (χ1v) is 7.26. The Labute approximate surface area is 106 Å². The van der Waals surface area contributed by atoms with Gasteiger partial charge < -0.3 is 15.3 Å². The van der Waals surface area contributed by atoms with E-state index in [4.69, 9.17) is 0 Å². The van der Waals surface area contributed by atoms with Crippen molar-refractivity contribution in [1.29, 1.82) is 0 Å². The average molecular weight is 240 g/mol. The first kappa shape index (κ1) is 13.3. The molecule has 1 heterocycles. The minimum atomic E-state index is -0.0950. The van der Waals surface area contributed by atoms with Gasteiger partial charge in [0.15, 0.2) is 0 Å². The molecular formula is C14H28N2O. The molecule has 17 heavy (non-hydrogen) atoms. The number of rotatable bonds is 7. The second-order valence-corrected chi connectivity index (χ2v) is 6.32. The summed E-state index contributed by atoms with van der Waals surface area (Å²) in [4.78, 5) is 2.53. The van der Waals surface area contributed by atoms with E-state index in [9.17, 15) is 5.11 Å². The van der Waals surface area contributed by atoms with Gasteiger partial charge >= 0.3 is 0 Å². The minimum Gasteiger partial charge on any atom is -0.394 e. The number of aliphatic hydroxyl groups is 1. The molecule has 0 aromatic heterocycles. The van der Waals surface area contributed by atoms with Crippen molar-refractivity contribution in [3.05, 3.63) is 0 Å². The highest BCUT2D eigenvalue weighted by Gasteiger charge is 2.35. The Balaban J connectivity index is 1.78. The third-order valence-corrected chi connectivity index (χ3v) is 4.12. The van der Waals surface area contributed by atoms with Crippen molar-refractivity contribution >= 4 is 0 Å². The zero-order chi connectivity index (χ0) is 12.3. The number of likely N-dealkylation sites (tertiary alicyclic amines) is 1. The fraction of sp³-hybridized carbons (Fsp3) is 1.00. The van der Waals surface area contributed by atoms with Crippen LogP contribution in [0.25, 0.3) is 0 Å². The summed E-state index contributed by atoms with van der Waals surface area (Å²) in [6, 6.07) is 0.668. The van der Waals surface area contributed by atoms with Crippen LogP contribution in [0.1, 0.15) is 46.0 Å². The second kappa shape index (κ2) is 5.68. The monoisotopic (exact) mass is 240 g/mol. The highest BCUT2D eigenvalue weighted by Crippen LogP contribution is 2.25. The summed E-state index contributed by atoms with van der Waals surface area (Å²) in [6.45, 7) is 8.13. The van der Waals surface area contributed by atoms with Crippen LogP contribution < -0.4 is 5.32 Å². The molecule has 1 aliphatic heterocycles. The van der Waals surface area contributed by atoms with Gasteiger partial charge in [0.1, 0.15) is 0 Å². The zero-order valence-electron chi connectivity index (χ0n) is 11.4. The van der Waals surface area contributed by atoms with Crippen molar-refractivity contribution in [2.45, 2.75) is 57.5 Å². The van der Waals surface area contributed by atoms with Crippen LogP contribution in [-0.2, 0) is 0 Å². The summed E-state index contributed by atoms with van der Waals surface area (Å²) in [6.07, 6.45) is 6.58. The van der Waals surface area contributed by atoms with Gasteiger partial charge in [-0.25, -0.2) is 0 Å². The van der Waals surface area contributed by atoms with Crippen LogP contribution in [0.15, 0.2) is 0 Å². The number of nitrogens with zero attached hydrogens (tertiary/aromatic N) is 1. The maximum atomic E-state index is 9.60. The van der Waals surface area contributed by atoms with Crippen molar-refractivity contribution < 1.29 is 5.11 Å². The molecule has 2 atom stereocenters. The lowest BCUT2D eigenvalue weighted by Gasteiger charge is -2.33. The molecule has 1 saturated heterocycles. The molecule has 3 nitrogen and oxygen atoms in total. The van der Waals surface area contributed by atoms with Crippen LogP contribution in [0.4, 0.5) is 0 Å². The maximum Gasteiger partial charge on any atom is 0.0623 e. The lowest BCUT2D eigenvalue weighted by molar-refractivity contribution is 0.128. The number of aliphatic hydroxyl groups excluding tert-OH is 1. The number of hydrogen-bond acceptors (Lipinski definition) is 3. The van der Waals surface area contributed by atoms with Gasteiger partial charge in [0.05, 0.1) is 12.1 Å². The number of nitrogens with one attached hydrogen (secondary N) is 1. The van der Waals surface area contributed by atoms with E-state index >= 15 is 0 Å². The third kappa shape index (κ3) is 3.94. The molecule has 2 fully saturated rings. The van der Waals surface area contributed by atoms with E-state index in [2.05, 4.69) is 24.1 Å². The van der Waals surface area contributed by atoms with Crippen molar-refractivity contribution in [3.8, 4) is 0 Å². The van der Waals surface area contributed by atoms with Gasteiger partial charge in [-0.3, -0.25) is 0 Å². The normalized spacial score (nSPS) is 29.5. The Kier molecular flexibility index (Phi) is 4.45. The fourth-order valence-electron chi connectivity index (χ4n) is 3.06. The van der Waals surface area contributed by atoms with Crippen LogP contribution in [-0.4, -0.2) is 47.8 Å². The molecule has 0 bridgehead atoms. The molecule has 0 aromatic rings. The lowest BCUT2D eigenvalue weighted by Crippen LogP contribution is -2.54. The Morgan fingerprint density at radius 1 is 1.35 bits per heavy atom. The van der Waals surface area contributed by atoms with E-state index in [1.165, 1.54) is 45.2 Å². The van der Waals surface area contributed by atoms with Crippen molar-refractivity contribution in [2.24, 2.45) is 5.92 Å². The van der Waals surface area contributed by atoms with E-state index < -0.39 is 0 Å². The van der Waals surface area contributed by atoms with E-state index in [0.29, 0.717) is 6.04 Å². The molecule has 1 saturated carbocycles. The zero-order valence-corrected chi connectivity index (χ0v) is 11.4. The van der Waals surface area contributed by atoms with Crippen LogP contribution in [0.5, 0.6) is 0 Å². The van der Waals surface area contributed by atoms with Crippen LogP contribution in [0.2, 0.25) is 0 Å². The van der Waals surface area contributed by atoms with Crippen LogP contribution in [0, 0.1) is 5.92 Å². The minimum absolute atomic E-state index is 0.0950. The topological polar surface area (TPSA) is 35.5 Å². The smallest absolute Gasteiger partial charge is 0.0623 e. The van der Waals surface area contributed by atoms with E-state index in [-0.39, 0.29) is 12.1 Å². The number of hydrogen-bond donors (Lipinski definition) is 2. The summed E-state index contributed by atoms with van der Waals surface area (Å²) in [5.41, 5.74) is -0.0950. The molecule has 3 heteroatoms. The van der Waals surface area contributed by atoms with Gasteiger partial charge in [0, 0.05) is 19.1 Å². The Morgan fingerprint density at radius 2 is 2.12 bits per heavy atom. The van der Waals surface area contributed by atoms with Gasteiger partial charge in [0.25, 0.3) is 0 Å². The lowest BCUT2D eigenvalue weighted by atomic mass is 10.0. The van der Waals surface area contributed by atoms with Crippen molar-refractivity contribution in [3.63, 3.8) is 0 Å². The largest absolute Gasteiger partial charge is 0.394 e. The molecule has 0 aromatic carbocycles. The van der Waals surface area contributed by atoms with E-state index in [1.54, 1.807) is 0 Å². The molecule has 2 rings (SSSR count). The van der Waals surface area contributed by atoms with Crippen LogP contribution >= 0.6 is 0 Å². The van der Waals surface area contributed by atoms with Crippen molar-refractivity contribution in [2.75, 3.05) is 26.2 Å². The highest BCUT2D eigenvalue weighted by atomic mass is 16.3. The molecular weight excluding hydrogens is 212 g/mol. The van der Waals surface area contributed by atoms with Crippen LogP contribution in [0.3, 0.4) is 0 Å². The molecule has 100 valence electrons. The fourth-order valence-corrected chi connectivity index (χ4v) is 3.06. The summed E-state index contributed by atoms with van der Waals surface area (Å²) in [5.74, 6) is 0.892. The standard InChI is InChI=1S/C14H28N2O/c1-3-4-12-7-8-16(9-12)10-14(2,11-17)15-13-5-6-13/h12-13,15,17H,3-11H2,1-2H3. The quantitative estimate of drug-likeness (QED) is 0.710. The molecule has 0 radical (unpaired) electrons. The SMILES string of the molecule is CCCC1CCN(CC(C)(CO)NC2CC2)C1. The van der Waals surface area contributed by atoms with E-state index in [1.807, 2.05) is 0 Å². The second-order valence-electron chi connectivity index (χ2n) is 6.32. The van der Waals surface area contributed by atoms with Crippen molar-refractivity contribution in [1.82, 2.24) is 10.2 Å². The molecule has 2 unspecified atom stereocenters. The average Bonchev–Trinajstić information content (AvgIpc) is 2.99. The summed E-state index contributed by atoms with van der Waals surface area (Å²) >= 11 is 0. The van der Waals surface area contributed by atoms with E-state index in [0.717, 1.165) is 12.5 Å². The molecule has 0 amide bonds. The molecule has 0 spiro atoms. The Morgan fingerprint density at radius 3 is 2.71 bits per heavy atom. The van der Waals surface area contributed by atoms with Gasteiger partial charge in [0.2, 0.25) is 0 Å². The maximum absolute atomic E-state index is 9.60. The predicted molar refractivity (Wildman–Crippen MR) is 71.1 cm³/mol. The Hall–Kier alpha value is -0.120. The van der Waals surface area contributed by atoms with Gasteiger partial charge in [-0.15, -0.1) is 0 Å². The predicted octanol–water partition coefficient (Wildman–Crippen LogP) is 1.61. The Bertz CT molecular complexity index is 242. The highest BCUT2D eigenvalue weighted by molar-refractivity contribution is 4.95. The first-order chi connectivity index (χ1) is 8.15. The first-order valence-electron chi connectivity index (χ1n) is 7.26. The van der Waals surface area contributed by atoms with Gasteiger partial charge in [-0.1, -0.05) is 13.3 Å². The third-order valence-electron chi connectivity index (χ3n) is 4.12. The molecule has 1 aliphatic carbocycles. The van der Waals surface area contributed by atoms with Gasteiger partial charge in [-0.2, -0.15) is 0 Å². The molecule has 2 N–H and O–H groups in total. The molecule has 2 aliphatic rings. The summed E-state index contributed by atoms with van der Waals surface area (Å²) < 4.78 is 0. The summed E-state index contributed by atoms with van der Waals surface area (Å²) in [7, 11) is 0. The summed E-state index contributed by atoms with van der Waals surface area (Å²) in [5, 5.41) is 13.2. The van der Waals surface area contributed by atoms with Gasteiger partial charge in [-0.05, 0) is 45.1 Å².